The molecule has 1 heterocycles. The number of methoxy groups -OCH3 is 1. The minimum absolute atomic E-state index is 0.103. The van der Waals surface area contributed by atoms with E-state index >= 15 is 0 Å². The summed E-state index contributed by atoms with van der Waals surface area (Å²) in [4.78, 5) is 23.5. The molecule has 4 rings (SSSR count). The molecule has 1 aliphatic heterocycles. The minimum Gasteiger partial charge on any atom is -0.487 e. The molecular weight excluding hydrogens is 366 g/mol. The first-order valence-electron chi connectivity index (χ1n) is 9.00. The van der Waals surface area contributed by atoms with Crippen LogP contribution >= 0.6 is 11.6 Å². The lowest BCUT2D eigenvalue weighted by molar-refractivity contribution is -0.122. The molecule has 1 amide bonds. The topological polar surface area (TPSA) is 64.6 Å². The smallest absolute Gasteiger partial charge is 0.337 e. The van der Waals surface area contributed by atoms with Gasteiger partial charge in [-0.05, 0) is 42.7 Å². The molecule has 5 nitrogen and oxygen atoms in total. The van der Waals surface area contributed by atoms with Crippen LogP contribution in [-0.4, -0.2) is 31.6 Å². The summed E-state index contributed by atoms with van der Waals surface area (Å²) in [5.41, 5.74) is 3.30. The Hall–Kier alpha value is -2.53. The van der Waals surface area contributed by atoms with Gasteiger partial charge in [0.05, 0.1) is 19.2 Å². The SMILES string of the molecule is COC(=O)c1ccc(-c2cc(Cl)cc3c2O[C@H](CNC(=O)C2CC2)C3)cc1. The second-order valence-corrected chi connectivity index (χ2v) is 7.41. The van der Waals surface area contributed by atoms with E-state index in [-0.39, 0.29) is 23.9 Å². The molecular formula is C21H20ClNO4. The predicted molar refractivity (Wildman–Crippen MR) is 102 cm³/mol. The number of hydrogen-bond donors (Lipinski definition) is 1. The molecule has 0 unspecified atom stereocenters. The molecule has 1 aliphatic carbocycles. The second kappa shape index (κ2) is 7.24. The van der Waals surface area contributed by atoms with Crippen LogP contribution in [0.5, 0.6) is 5.75 Å². The van der Waals surface area contributed by atoms with Crippen LogP contribution in [0, 0.1) is 5.92 Å². The maximum atomic E-state index is 11.9. The maximum absolute atomic E-state index is 11.9. The maximum Gasteiger partial charge on any atom is 0.337 e. The number of carbonyl (C=O) groups is 2. The van der Waals surface area contributed by atoms with E-state index < -0.39 is 0 Å². The third kappa shape index (κ3) is 3.78. The van der Waals surface area contributed by atoms with Crippen LogP contribution in [0.2, 0.25) is 5.02 Å². The van der Waals surface area contributed by atoms with E-state index in [0.29, 0.717) is 23.6 Å². The van der Waals surface area contributed by atoms with Crippen LogP contribution in [0.1, 0.15) is 28.8 Å². The van der Waals surface area contributed by atoms with Crippen molar-refractivity contribution in [1.29, 1.82) is 0 Å². The highest BCUT2D eigenvalue weighted by molar-refractivity contribution is 6.31. The highest BCUT2D eigenvalue weighted by Crippen LogP contribution is 2.41. The normalized spacial score (nSPS) is 17.8. The fourth-order valence-corrected chi connectivity index (χ4v) is 3.57. The summed E-state index contributed by atoms with van der Waals surface area (Å²) >= 11 is 6.31. The lowest BCUT2D eigenvalue weighted by atomic mass is 9.99. The van der Waals surface area contributed by atoms with E-state index in [0.717, 1.165) is 35.3 Å². The molecule has 2 aromatic rings. The number of benzene rings is 2. The standard InChI is InChI=1S/C21H20ClNO4/c1-26-21(25)14-6-2-12(3-7-14)18-10-16(22)8-15-9-17(27-19(15)18)11-23-20(24)13-4-5-13/h2-3,6-8,10,13,17H,4-5,9,11H2,1H3,(H,23,24)/t17-/m0/s1. The molecule has 0 radical (unpaired) electrons. The Morgan fingerprint density at radius 2 is 1.96 bits per heavy atom. The number of rotatable bonds is 5. The summed E-state index contributed by atoms with van der Waals surface area (Å²) in [7, 11) is 1.36. The Morgan fingerprint density at radius 1 is 1.22 bits per heavy atom. The highest BCUT2D eigenvalue weighted by Gasteiger charge is 2.31. The van der Waals surface area contributed by atoms with Crippen molar-refractivity contribution in [3.63, 3.8) is 0 Å². The Labute approximate surface area is 162 Å². The highest BCUT2D eigenvalue weighted by atomic mass is 35.5. The molecule has 1 N–H and O–H groups in total. The molecule has 0 aromatic heterocycles. The zero-order valence-corrected chi connectivity index (χ0v) is 15.7. The van der Waals surface area contributed by atoms with Gasteiger partial charge in [0.1, 0.15) is 11.9 Å². The van der Waals surface area contributed by atoms with Crippen molar-refractivity contribution in [3.8, 4) is 16.9 Å². The predicted octanol–water partition coefficient (Wildman–Crippen LogP) is 3.62. The molecule has 140 valence electrons. The van der Waals surface area contributed by atoms with Crippen LogP contribution in [0.25, 0.3) is 11.1 Å². The zero-order valence-electron chi connectivity index (χ0n) is 15.0. The van der Waals surface area contributed by atoms with Crippen LogP contribution in [0.3, 0.4) is 0 Å². The average molecular weight is 386 g/mol. The van der Waals surface area contributed by atoms with E-state index in [1.807, 2.05) is 24.3 Å². The molecule has 1 atom stereocenters. The summed E-state index contributed by atoms with van der Waals surface area (Å²) in [6.45, 7) is 0.488. The fourth-order valence-electron chi connectivity index (χ4n) is 3.33. The van der Waals surface area contributed by atoms with Gasteiger partial charge in [-0.1, -0.05) is 23.7 Å². The number of ether oxygens (including phenoxy) is 2. The summed E-state index contributed by atoms with van der Waals surface area (Å²) in [6.07, 6.45) is 2.57. The Bertz CT molecular complexity index is 890. The average Bonchev–Trinajstić information content (AvgIpc) is 3.45. The van der Waals surface area contributed by atoms with E-state index in [2.05, 4.69) is 5.32 Å². The van der Waals surface area contributed by atoms with Gasteiger partial charge in [-0.3, -0.25) is 4.79 Å². The van der Waals surface area contributed by atoms with Crippen LogP contribution in [0.15, 0.2) is 36.4 Å². The number of amides is 1. The molecule has 0 spiro atoms. The van der Waals surface area contributed by atoms with Gasteiger partial charge >= 0.3 is 5.97 Å². The van der Waals surface area contributed by atoms with Crippen LogP contribution in [0.4, 0.5) is 0 Å². The summed E-state index contributed by atoms with van der Waals surface area (Å²) in [6, 6.07) is 10.9. The number of halogens is 1. The third-order valence-corrected chi connectivity index (χ3v) is 5.15. The quantitative estimate of drug-likeness (QED) is 0.798. The first kappa shape index (κ1) is 17.9. The minimum atomic E-state index is -0.374. The van der Waals surface area contributed by atoms with Crippen molar-refractivity contribution in [1.82, 2.24) is 5.32 Å². The van der Waals surface area contributed by atoms with Crippen molar-refractivity contribution in [3.05, 3.63) is 52.5 Å². The molecule has 0 bridgehead atoms. The van der Waals surface area contributed by atoms with E-state index in [1.54, 1.807) is 12.1 Å². The third-order valence-electron chi connectivity index (χ3n) is 4.93. The largest absolute Gasteiger partial charge is 0.487 e. The van der Waals surface area contributed by atoms with Gasteiger partial charge in [-0.25, -0.2) is 4.79 Å². The monoisotopic (exact) mass is 385 g/mol. The Kier molecular flexibility index (Phi) is 4.79. The Morgan fingerprint density at radius 3 is 2.63 bits per heavy atom. The van der Waals surface area contributed by atoms with Gasteiger partial charge in [0, 0.05) is 28.5 Å². The van der Waals surface area contributed by atoms with E-state index in [4.69, 9.17) is 21.1 Å². The number of esters is 1. The van der Waals surface area contributed by atoms with Crippen molar-refractivity contribution in [2.24, 2.45) is 5.92 Å². The van der Waals surface area contributed by atoms with E-state index in [9.17, 15) is 9.59 Å². The summed E-state index contributed by atoms with van der Waals surface area (Å²) in [5, 5.41) is 3.60. The molecule has 1 fully saturated rings. The number of hydrogen-bond acceptors (Lipinski definition) is 4. The van der Waals surface area contributed by atoms with E-state index in [1.165, 1.54) is 7.11 Å². The van der Waals surface area contributed by atoms with Crippen molar-refractivity contribution in [2.45, 2.75) is 25.4 Å². The summed E-state index contributed by atoms with van der Waals surface area (Å²) < 4.78 is 10.9. The first-order chi connectivity index (χ1) is 13.0. The van der Waals surface area contributed by atoms with Gasteiger partial charge in [0.2, 0.25) is 5.91 Å². The first-order valence-corrected chi connectivity index (χ1v) is 9.38. The molecule has 2 aromatic carbocycles. The summed E-state index contributed by atoms with van der Waals surface area (Å²) in [5.74, 6) is 0.717. The van der Waals surface area contributed by atoms with Crippen LogP contribution < -0.4 is 10.1 Å². The Balaban J connectivity index is 1.54. The molecule has 6 heteroatoms. The van der Waals surface area contributed by atoms with Crippen molar-refractivity contribution >= 4 is 23.5 Å². The molecule has 1 saturated carbocycles. The lowest BCUT2D eigenvalue weighted by Crippen LogP contribution is -2.35. The number of carbonyl (C=O) groups excluding carboxylic acids is 2. The van der Waals surface area contributed by atoms with Gasteiger partial charge in [0.15, 0.2) is 0 Å². The van der Waals surface area contributed by atoms with Gasteiger partial charge in [-0.2, -0.15) is 0 Å². The van der Waals surface area contributed by atoms with Crippen molar-refractivity contribution < 1.29 is 19.1 Å². The van der Waals surface area contributed by atoms with Gasteiger partial charge in [-0.15, -0.1) is 0 Å². The second-order valence-electron chi connectivity index (χ2n) is 6.97. The number of nitrogens with one attached hydrogen (secondary N) is 1. The molecule has 2 aliphatic rings. The van der Waals surface area contributed by atoms with Crippen LogP contribution in [-0.2, 0) is 16.0 Å². The lowest BCUT2D eigenvalue weighted by Gasteiger charge is -2.14. The van der Waals surface area contributed by atoms with Gasteiger partial charge in [0.25, 0.3) is 0 Å². The number of fused-ring (bicyclic) bond motifs is 1. The zero-order chi connectivity index (χ0) is 19.0. The molecule has 27 heavy (non-hydrogen) atoms. The van der Waals surface area contributed by atoms with Crippen molar-refractivity contribution in [2.75, 3.05) is 13.7 Å². The molecule has 0 saturated heterocycles. The van der Waals surface area contributed by atoms with Gasteiger partial charge < -0.3 is 14.8 Å². The fraction of sp³-hybridized carbons (Fsp3) is 0.333.